The first-order valence-corrected chi connectivity index (χ1v) is 10.2. The Morgan fingerprint density at radius 1 is 1.24 bits per heavy atom. The first-order chi connectivity index (χ1) is 15.7. The van der Waals surface area contributed by atoms with Gasteiger partial charge in [0.25, 0.3) is 5.56 Å². The molecule has 0 saturated heterocycles. The summed E-state index contributed by atoms with van der Waals surface area (Å²) in [6.07, 6.45) is 3.11. The second-order valence-electron chi connectivity index (χ2n) is 7.39. The molecule has 0 spiro atoms. The first kappa shape index (κ1) is 22.1. The Labute approximate surface area is 192 Å². The van der Waals surface area contributed by atoms with Crippen LogP contribution in [0.5, 0.6) is 0 Å². The fourth-order valence-corrected chi connectivity index (χ4v) is 3.76. The van der Waals surface area contributed by atoms with E-state index in [9.17, 15) is 14.4 Å². The van der Waals surface area contributed by atoms with Crippen LogP contribution in [-0.2, 0) is 0 Å². The van der Waals surface area contributed by atoms with Gasteiger partial charge in [-0.1, -0.05) is 11.6 Å². The van der Waals surface area contributed by atoms with Crippen molar-refractivity contribution in [3.05, 3.63) is 74.6 Å². The maximum Gasteiger partial charge on any atom is 0.267 e. The molecule has 0 aliphatic rings. The topological polar surface area (TPSA) is 135 Å². The zero-order valence-electron chi connectivity index (χ0n) is 17.9. The predicted molar refractivity (Wildman–Crippen MR) is 123 cm³/mol. The monoisotopic (exact) mass is 464 g/mol. The van der Waals surface area contributed by atoms with Crippen molar-refractivity contribution in [2.75, 3.05) is 11.1 Å². The number of hydrogen-bond acceptors (Lipinski definition) is 8. The van der Waals surface area contributed by atoms with Gasteiger partial charge in [0.1, 0.15) is 34.9 Å². The fraction of sp³-hybridized carbons (Fsp3) is 0.182. The summed E-state index contributed by atoms with van der Waals surface area (Å²) in [6, 6.07) is 5.64. The number of aromatic nitrogens is 5. The quantitative estimate of drug-likeness (QED) is 0.467. The van der Waals surface area contributed by atoms with Crippen molar-refractivity contribution in [3.63, 3.8) is 0 Å². The van der Waals surface area contributed by atoms with Gasteiger partial charge in [0.2, 0.25) is 0 Å². The highest BCUT2D eigenvalue weighted by Gasteiger charge is 2.23. The van der Waals surface area contributed by atoms with Crippen LogP contribution >= 0.6 is 11.6 Å². The van der Waals surface area contributed by atoms with Gasteiger partial charge in [-0.2, -0.15) is 5.26 Å². The average molecular weight is 465 g/mol. The highest BCUT2D eigenvalue weighted by Crippen LogP contribution is 2.28. The minimum absolute atomic E-state index is 0.0360. The molecule has 3 aromatic heterocycles. The SMILES string of the molecule is Cc1nc(N)c(C#N)c(N[C@@H](C)c2nc3ccc(F)c(Cl)c3c(=O)n2-c2cnccc2C)n1. The zero-order valence-corrected chi connectivity index (χ0v) is 18.6. The number of rotatable bonds is 4. The average Bonchev–Trinajstić information content (AvgIpc) is 2.76. The van der Waals surface area contributed by atoms with E-state index >= 15 is 0 Å². The number of nitriles is 1. The van der Waals surface area contributed by atoms with Gasteiger partial charge in [0.05, 0.1) is 33.9 Å². The molecule has 0 amide bonds. The van der Waals surface area contributed by atoms with Crippen LogP contribution in [0.15, 0.2) is 35.4 Å². The van der Waals surface area contributed by atoms with E-state index < -0.39 is 17.4 Å². The molecule has 3 N–H and O–H groups in total. The number of anilines is 2. The molecular formula is C22H18ClFN8O. The molecule has 0 unspecified atom stereocenters. The number of halogens is 2. The van der Waals surface area contributed by atoms with Gasteiger partial charge in [0.15, 0.2) is 5.82 Å². The summed E-state index contributed by atoms with van der Waals surface area (Å²) in [5, 5.41) is 12.3. The molecule has 0 fully saturated rings. The Bertz CT molecular complexity index is 1510. The number of nitrogens with one attached hydrogen (secondary N) is 1. The molecule has 9 nitrogen and oxygen atoms in total. The second-order valence-corrected chi connectivity index (χ2v) is 7.76. The van der Waals surface area contributed by atoms with Crippen LogP contribution in [0.4, 0.5) is 16.0 Å². The van der Waals surface area contributed by atoms with Gasteiger partial charge in [-0.25, -0.2) is 19.3 Å². The van der Waals surface area contributed by atoms with Crippen molar-refractivity contribution < 1.29 is 4.39 Å². The predicted octanol–water partition coefficient (Wildman–Crippen LogP) is 3.61. The van der Waals surface area contributed by atoms with Crippen LogP contribution in [0.1, 0.15) is 35.7 Å². The van der Waals surface area contributed by atoms with Crippen molar-refractivity contribution in [3.8, 4) is 11.8 Å². The van der Waals surface area contributed by atoms with Gasteiger partial charge in [-0.15, -0.1) is 0 Å². The lowest BCUT2D eigenvalue weighted by atomic mass is 10.1. The smallest absolute Gasteiger partial charge is 0.267 e. The molecule has 4 aromatic rings. The number of nitrogens with two attached hydrogens (primary N) is 1. The maximum atomic E-state index is 14.2. The van der Waals surface area contributed by atoms with Crippen LogP contribution in [0.2, 0.25) is 5.02 Å². The Hall–Kier alpha value is -4.10. The molecule has 0 saturated carbocycles. The number of fused-ring (bicyclic) bond motifs is 1. The van der Waals surface area contributed by atoms with Gasteiger partial charge < -0.3 is 11.1 Å². The number of nitrogens with zero attached hydrogens (tertiary/aromatic N) is 6. The third-order valence-electron chi connectivity index (χ3n) is 5.11. The third-order valence-corrected chi connectivity index (χ3v) is 5.48. The summed E-state index contributed by atoms with van der Waals surface area (Å²) in [6.45, 7) is 5.20. The second kappa shape index (κ2) is 8.44. The summed E-state index contributed by atoms with van der Waals surface area (Å²) in [5.74, 6) is 0.173. The van der Waals surface area contributed by atoms with Crippen LogP contribution in [0.3, 0.4) is 0 Å². The lowest BCUT2D eigenvalue weighted by Gasteiger charge is -2.21. The van der Waals surface area contributed by atoms with Gasteiger partial charge in [-0.3, -0.25) is 14.3 Å². The van der Waals surface area contributed by atoms with E-state index in [1.165, 1.54) is 16.8 Å². The number of aryl methyl sites for hydroxylation is 2. The van der Waals surface area contributed by atoms with Crippen molar-refractivity contribution in [1.29, 1.82) is 5.26 Å². The Morgan fingerprint density at radius 2 is 2.00 bits per heavy atom. The molecule has 0 aliphatic carbocycles. The van der Waals surface area contributed by atoms with Crippen LogP contribution in [-0.4, -0.2) is 24.5 Å². The van der Waals surface area contributed by atoms with Crippen molar-refractivity contribution in [2.45, 2.75) is 26.8 Å². The van der Waals surface area contributed by atoms with E-state index in [4.69, 9.17) is 17.3 Å². The Balaban J connectivity index is 1.99. The molecule has 0 aliphatic heterocycles. The van der Waals surface area contributed by atoms with Crippen molar-refractivity contribution >= 4 is 34.1 Å². The highest BCUT2D eigenvalue weighted by molar-refractivity contribution is 6.35. The minimum Gasteiger partial charge on any atom is -0.382 e. The molecule has 0 radical (unpaired) electrons. The molecule has 1 aromatic carbocycles. The maximum absolute atomic E-state index is 14.2. The molecule has 33 heavy (non-hydrogen) atoms. The first-order valence-electron chi connectivity index (χ1n) is 9.85. The molecule has 1 atom stereocenters. The van der Waals surface area contributed by atoms with Crippen LogP contribution in [0.25, 0.3) is 16.6 Å². The lowest BCUT2D eigenvalue weighted by molar-refractivity contribution is 0.629. The largest absolute Gasteiger partial charge is 0.382 e. The van der Waals surface area contributed by atoms with E-state index in [1.807, 2.05) is 13.0 Å². The third kappa shape index (κ3) is 3.83. The fourth-order valence-electron chi connectivity index (χ4n) is 3.52. The van der Waals surface area contributed by atoms with Crippen molar-refractivity contribution in [2.24, 2.45) is 0 Å². The molecular weight excluding hydrogens is 447 g/mol. The summed E-state index contributed by atoms with van der Waals surface area (Å²) < 4.78 is 15.5. The molecule has 11 heteroatoms. The molecule has 0 bridgehead atoms. The summed E-state index contributed by atoms with van der Waals surface area (Å²) >= 11 is 6.14. The summed E-state index contributed by atoms with van der Waals surface area (Å²) in [7, 11) is 0. The van der Waals surface area contributed by atoms with E-state index in [1.54, 1.807) is 26.1 Å². The normalized spacial score (nSPS) is 11.9. The van der Waals surface area contributed by atoms with Crippen LogP contribution < -0.4 is 16.6 Å². The van der Waals surface area contributed by atoms with E-state index in [2.05, 4.69) is 25.3 Å². The number of benzene rings is 1. The standard InChI is InChI=1S/C22H18ClFN8O/c1-10-6-7-27-9-16(10)32-21(31-15-5-4-14(24)18(23)17(15)22(32)33)11(2)28-20-13(8-25)19(26)29-12(3)30-20/h4-7,9,11H,1-3H3,(H3,26,28,29,30)/t11-/m0/s1. The molecule has 3 heterocycles. The van der Waals surface area contributed by atoms with Gasteiger partial charge in [0, 0.05) is 6.20 Å². The Morgan fingerprint density at radius 3 is 2.70 bits per heavy atom. The number of pyridine rings is 1. The summed E-state index contributed by atoms with van der Waals surface area (Å²) in [4.78, 5) is 30.6. The molecule has 4 rings (SSSR count). The van der Waals surface area contributed by atoms with Crippen molar-refractivity contribution in [1.82, 2.24) is 24.5 Å². The Kier molecular flexibility index (Phi) is 5.66. The van der Waals surface area contributed by atoms with E-state index in [-0.39, 0.29) is 38.9 Å². The lowest BCUT2D eigenvalue weighted by Crippen LogP contribution is -2.28. The minimum atomic E-state index is -0.720. The van der Waals surface area contributed by atoms with Crippen LogP contribution in [0, 0.1) is 31.0 Å². The summed E-state index contributed by atoms with van der Waals surface area (Å²) in [5.41, 5.74) is 6.83. The van der Waals surface area contributed by atoms with Gasteiger partial charge >= 0.3 is 0 Å². The highest BCUT2D eigenvalue weighted by atomic mass is 35.5. The zero-order chi connectivity index (χ0) is 23.9. The van der Waals surface area contributed by atoms with E-state index in [0.717, 1.165) is 11.6 Å². The number of nitrogen functional groups attached to an aromatic ring is 1. The van der Waals surface area contributed by atoms with E-state index in [0.29, 0.717) is 11.5 Å². The van der Waals surface area contributed by atoms with Gasteiger partial charge in [-0.05, 0) is 44.5 Å². The number of hydrogen-bond donors (Lipinski definition) is 2. The molecule has 166 valence electrons.